The Hall–Kier alpha value is -2.88. The molecule has 1 heterocycles. The maximum atomic E-state index is 2.64. The number of allylic oxidation sites excluding steroid dienone is 1. The summed E-state index contributed by atoms with van der Waals surface area (Å²) in [7, 11) is 0. The van der Waals surface area contributed by atoms with Crippen LogP contribution in [0.1, 0.15) is 71.4 Å². The van der Waals surface area contributed by atoms with E-state index in [1.165, 1.54) is 66.9 Å². The van der Waals surface area contributed by atoms with Crippen LogP contribution in [-0.2, 0) is 13.1 Å². The minimum atomic E-state index is 0.947. The number of rotatable bonds is 13. The van der Waals surface area contributed by atoms with Crippen LogP contribution in [0.3, 0.4) is 0 Å². The van der Waals surface area contributed by atoms with Gasteiger partial charge < -0.3 is 4.90 Å². The lowest BCUT2D eigenvalue weighted by atomic mass is 10.1. The van der Waals surface area contributed by atoms with Crippen LogP contribution in [0.2, 0.25) is 0 Å². The molecule has 0 fully saturated rings. The molecule has 0 amide bonds. The summed E-state index contributed by atoms with van der Waals surface area (Å²) in [6.07, 6.45) is 5.85. The molecule has 206 valence electrons. The van der Waals surface area contributed by atoms with Crippen LogP contribution in [-0.4, -0.2) is 29.4 Å². The zero-order chi connectivity index (χ0) is 27.8. The average molecular weight is 539 g/mol. The van der Waals surface area contributed by atoms with Gasteiger partial charge in [-0.1, -0.05) is 96.8 Å². The van der Waals surface area contributed by atoms with Gasteiger partial charge in [-0.3, -0.25) is 4.90 Å². The van der Waals surface area contributed by atoms with E-state index in [2.05, 4.69) is 124 Å². The first kappa shape index (κ1) is 29.1. The molecule has 0 aliphatic heterocycles. The Labute approximate surface area is 241 Å². The molecule has 1 aromatic heterocycles. The number of unbranched alkanes of at least 4 members (excludes halogenated alkanes) is 1. The van der Waals surface area contributed by atoms with Crippen molar-refractivity contribution in [3.05, 3.63) is 111 Å². The number of hydrogen-bond acceptors (Lipinski definition) is 3. The van der Waals surface area contributed by atoms with Gasteiger partial charge in [0.05, 0.1) is 10.6 Å². The predicted molar refractivity (Wildman–Crippen MR) is 173 cm³/mol. The van der Waals surface area contributed by atoms with Crippen molar-refractivity contribution < 1.29 is 0 Å². The van der Waals surface area contributed by atoms with Crippen LogP contribution in [0.15, 0.2) is 72.8 Å². The van der Waals surface area contributed by atoms with Gasteiger partial charge in [-0.2, -0.15) is 0 Å². The Morgan fingerprint density at radius 1 is 0.718 bits per heavy atom. The van der Waals surface area contributed by atoms with E-state index in [4.69, 9.17) is 0 Å². The van der Waals surface area contributed by atoms with Crippen LogP contribution in [0.4, 0.5) is 0 Å². The number of thiophene rings is 1. The molecule has 2 nitrogen and oxygen atoms in total. The highest BCUT2D eigenvalue weighted by Crippen LogP contribution is 2.33. The summed E-state index contributed by atoms with van der Waals surface area (Å²) in [4.78, 5) is 6.62. The van der Waals surface area contributed by atoms with Gasteiger partial charge in [0.25, 0.3) is 0 Å². The lowest BCUT2D eigenvalue weighted by Crippen LogP contribution is -2.26. The van der Waals surface area contributed by atoms with Crippen LogP contribution in [0.25, 0.3) is 15.8 Å². The summed E-state index contributed by atoms with van der Waals surface area (Å²) in [5.74, 6) is 0. The standard InChI is InChI=1S/C36H46N2S/c1-7-13-34(36-24-33-14-9-10-15-35(33)39-36)38(26-32-22-29(5)19-30(6)23-32)17-12-11-16-37(8-2)25-31-20-27(3)18-28(4)21-31/h9-10,13-15,18-24H,7-8,11-12,16-17,25-26H2,1-6H3/b34-13+. The second-order valence-electron chi connectivity index (χ2n) is 11.1. The minimum Gasteiger partial charge on any atom is -0.366 e. The van der Waals surface area contributed by atoms with E-state index >= 15 is 0 Å². The average Bonchev–Trinajstić information content (AvgIpc) is 3.31. The van der Waals surface area contributed by atoms with E-state index in [0.29, 0.717) is 0 Å². The topological polar surface area (TPSA) is 6.48 Å². The number of benzene rings is 3. The molecule has 3 heteroatoms. The van der Waals surface area contributed by atoms with Crippen molar-refractivity contribution in [1.82, 2.24) is 9.80 Å². The molecule has 0 saturated heterocycles. The number of aryl methyl sites for hydroxylation is 4. The highest BCUT2D eigenvalue weighted by molar-refractivity contribution is 7.20. The van der Waals surface area contributed by atoms with E-state index in [1.54, 1.807) is 0 Å². The van der Waals surface area contributed by atoms with Crippen molar-refractivity contribution in [3.63, 3.8) is 0 Å². The SMILES string of the molecule is CC/C=C(\c1cc2ccccc2s1)N(CCCCN(CC)Cc1cc(C)cc(C)c1)Cc1cc(C)cc(C)c1. The van der Waals surface area contributed by atoms with E-state index in [0.717, 1.165) is 39.1 Å². The number of nitrogens with zero attached hydrogens (tertiary/aromatic N) is 2. The molecule has 0 spiro atoms. The van der Waals surface area contributed by atoms with Gasteiger partial charge in [-0.25, -0.2) is 0 Å². The van der Waals surface area contributed by atoms with Crippen molar-refractivity contribution in [3.8, 4) is 0 Å². The van der Waals surface area contributed by atoms with Crippen molar-refractivity contribution in [2.75, 3.05) is 19.6 Å². The molecule has 0 radical (unpaired) electrons. The van der Waals surface area contributed by atoms with Crippen molar-refractivity contribution in [2.24, 2.45) is 0 Å². The summed E-state index contributed by atoms with van der Waals surface area (Å²) in [6, 6.07) is 25.1. The number of hydrogen-bond donors (Lipinski definition) is 0. The molecule has 4 rings (SSSR count). The maximum Gasteiger partial charge on any atom is 0.0513 e. The lowest BCUT2D eigenvalue weighted by molar-refractivity contribution is 0.266. The number of fused-ring (bicyclic) bond motifs is 1. The second-order valence-corrected chi connectivity index (χ2v) is 12.2. The van der Waals surface area contributed by atoms with E-state index in [-0.39, 0.29) is 0 Å². The Morgan fingerprint density at radius 2 is 1.31 bits per heavy atom. The Balaban J connectivity index is 1.49. The van der Waals surface area contributed by atoms with Crippen molar-refractivity contribution in [2.45, 2.75) is 73.9 Å². The smallest absolute Gasteiger partial charge is 0.0513 e. The van der Waals surface area contributed by atoms with Gasteiger partial charge in [-0.15, -0.1) is 11.3 Å². The van der Waals surface area contributed by atoms with E-state index in [9.17, 15) is 0 Å². The van der Waals surface area contributed by atoms with Gasteiger partial charge in [-0.05, 0) is 88.7 Å². The van der Waals surface area contributed by atoms with Gasteiger partial charge in [0.2, 0.25) is 0 Å². The third kappa shape index (κ3) is 8.30. The molecule has 0 aliphatic rings. The molecular formula is C36H46N2S. The molecule has 0 N–H and O–H groups in total. The summed E-state index contributed by atoms with van der Waals surface area (Å²) >= 11 is 1.92. The second kappa shape index (κ2) is 14.0. The molecule has 0 aliphatic carbocycles. The Bertz CT molecular complexity index is 1320. The van der Waals surface area contributed by atoms with Crippen LogP contribution in [0, 0.1) is 27.7 Å². The molecule has 0 unspecified atom stereocenters. The minimum absolute atomic E-state index is 0.947. The molecule has 39 heavy (non-hydrogen) atoms. The third-order valence-electron chi connectivity index (χ3n) is 7.36. The quantitative estimate of drug-likeness (QED) is 0.156. The molecule has 0 bridgehead atoms. The van der Waals surface area contributed by atoms with Crippen LogP contribution < -0.4 is 0 Å². The first-order chi connectivity index (χ1) is 18.8. The zero-order valence-corrected chi connectivity index (χ0v) is 25.7. The molecule has 3 aromatic carbocycles. The first-order valence-electron chi connectivity index (χ1n) is 14.7. The van der Waals surface area contributed by atoms with Gasteiger partial charge >= 0.3 is 0 Å². The third-order valence-corrected chi connectivity index (χ3v) is 8.50. The van der Waals surface area contributed by atoms with Crippen LogP contribution in [0.5, 0.6) is 0 Å². The molecule has 0 atom stereocenters. The highest BCUT2D eigenvalue weighted by atomic mass is 32.1. The van der Waals surface area contributed by atoms with E-state index < -0.39 is 0 Å². The van der Waals surface area contributed by atoms with Crippen LogP contribution >= 0.6 is 11.3 Å². The normalized spacial score (nSPS) is 12.0. The fourth-order valence-electron chi connectivity index (χ4n) is 5.76. The molecular weight excluding hydrogens is 492 g/mol. The fourth-order valence-corrected chi connectivity index (χ4v) is 6.89. The van der Waals surface area contributed by atoms with Crippen molar-refractivity contribution >= 4 is 27.1 Å². The van der Waals surface area contributed by atoms with Gasteiger partial charge in [0.1, 0.15) is 0 Å². The Kier molecular flexibility index (Phi) is 10.4. The van der Waals surface area contributed by atoms with Gasteiger partial charge in [0, 0.05) is 24.3 Å². The first-order valence-corrected chi connectivity index (χ1v) is 15.5. The zero-order valence-electron chi connectivity index (χ0n) is 24.9. The largest absolute Gasteiger partial charge is 0.366 e. The monoisotopic (exact) mass is 538 g/mol. The van der Waals surface area contributed by atoms with Gasteiger partial charge in [0.15, 0.2) is 0 Å². The molecule has 4 aromatic rings. The lowest BCUT2D eigenvalue weighted by Gasteiger charge is -2.28. The summed E-state index contributed by atoms with van der Waals surface area (Å²) in [5, 5.41) is 1.34. The maximum absolute atomic E-state index is 2.64. The molecule has 0 saturated carbocycles. The highest BCUT2D eigenvalue weighted by Gasteiger charge is 2.16. The predicted octanol–water partition coefficient (Wildman–Crippen LogP) is 9.69. The van der Waals surface area contributed by atoms with E-state index in [1.807, 2.05) is 11.3 Å². The summed E-state index contributed by atoms with van der Waals surface area (Å²) in [5.41, 5.74) is 9.64. The summed E-state index contributed by atoms with van der Waals surface area (Å²) < 4.78 is 1.37. The summed E-state index contributed by atoms with van der Waals surface area (Å²) in [6.45, 7) is 18.6. The fraction of sp³-hybridized carbons (Fsp3) is 0.389. The Morgan fingerprint density at radius 3 is 1.90 bits per heavy atom. The van der Waals surface area contributed by atoms with Crippen molar-refractivity contribution in [1.29, 1.82) is 0 Å².